The largest absolute Gasteiger partial charge is 0.463 e. The minimum Gasteiger partial charge on any atom is -0.463 e. The molecule has 0 bridgehead atoms. The van der Waals surface area contributed by atoms with Crippen molar-refractivity contribution in [3.05, 3.63) is 0 Å². The van der Waals surface area contributed by atoms with Crippen molar-refractivity contribution >= 4 is 71.6 Å². The van der Waals surface area contributed by atoms with Gasteiger partial charge in [-0.15, -0.1) is 0 Å². The Morgan fingerprint density at radius 2 is 0.852 bits per heavy atom. The van der Waals surface area contributed by atoms with Crippen LogP contribution in [0.2, 0.25) is 0 Å². The fraction of sp³-hybridized carbons (Fsp3) is 0.810. The van der Waals surface area contributed by atoms with Gasteiger partial charge in [0.1, 0.15) is 32.5 Å². The van der Waals surface area contributed by atoms with Gasteiger partial charge in [0.2, 0.25) is 30.5 Å². The van der Waals surface area contributed by atoms with Crippen LogP contribution < -0.4 is 0 Å². The molecule has 0 aromatic heterocycles. The average Bonchev–Trinajstić information content (AvgIpc) is 4.14. The molecule has 0 aromatic carbocycles. The molecule has 0 radical (unpaired) electrons. The quantitative estimate of drug-likeness (QED) is 0.0972. The third kappa shape index (κ3) is 24.5. The maximum atomic E-state index is 11.9. The van der Waals surface area contributed by atoms with Crippen molar-refractivity contribution in [3.8, 4) is 0 Å². The minimum atomic E-state index is -0.955. The third-order valence-electron chi connectivity index (χ3n) is 16.2. The van der Waals surface area contributed by atoms with Crippen LogP contribution in [0.15, 0.2) is 0 Å². The van der Waals surface area contributed by atoms with Crippen LogP contribution in [0, 0.1) is 50.2 Å². The monoisotopic (exact) mass is 1260 g/mol. The molecule has 6 aliphatic rings. The van der Waals surface area contributed by atoms with Crippen molar-refractivity contribution in [3.63, 3.8) is 0 Å². The number of rotatable bonds is 19. The van der Waals surface area contributed by atoms with Gasteiger partial charge in [0.15, 0.2) is 0 Å². The van der Waals surface area contributed by atoms with E-state index >= 15 is 0 Å². The molecule has 9 unspecified atom stereocenters. The number of carbonyl (C=O) groups excluding carboxylic acids is 12. The number of esters is 12. The summed E-state index contributed by atoms with van der Waals surface area (Å²) in [7, 11) is 0. The zero-order valence-electron chi connectivity index (χ0n) is 55.8. The maximum absolute atomic E-state index is 11.9. The smallest absolute Gasteiger partial charge is 0.348 e. The van der Waals surface area contributed by atoms with E-state index < -0.39 is 105 Å². The molecule has 0 spiro atoms. The number of hydrogen-bond donors (Lipinski definition) is 1. The van der Waals surface area contributed by atoms with E-state index in [9.17, 15) is 57.5 Å². The lowest BCUT2D eigenvalue weighted by Crippen LogP contribution is -2.39. The number of ether oxygens (including phenoxy) is 12. The Balaban J connectivity index is 0.000000529. The summed E-state index contributed by atoms with van der Waals surface area (Å²) < 4.78 is 59.3. The number of cyclic esters (lactones) is 6. The first-order chi connectivity index (χ1) is 40.6. The van der Waals surface area contributed by atoms with Gasteiger partial charge in [0.25, 0.3) is 0 Å². The Bertz CT molecular complexity index is 2400. The van der Waals surface area contributed by atoms with Crippen LogP contribution in [0.1, 0.15) is 196 Å². The summed E-state index contributed by atoms with van der Waals surface area (Å²) in [4.78, 5) is 136. The first-order valence-electron chi connectivity index (χ1n) is 30.4. The fourth-order valence-corrected chi connectivity index (χ4v) is 6.99. The lowest BCUT2D eigenvalue weighted by atomic mass is 9.88. The number of carbonyl (C=O) groups is 12. The molecule has 6 heterocycles. The van der Waals surface area contributed by atoms with Gasteiger partial charge in [-0.05, 0) is 93.9 Å². The standard InChI is InChI=1S/C12H20O4.C11H18O5.C11H18O4.2C10H16O4.C9H14O4/c1-6-11(2,3)10(14)16-8-9(13)15-7-12(8,4)5;1-4-11(2,3)10(14)16-8-7(5-12)6-15-9(8)13;1-5-7(2)9(12)15-8-10(13)14-6-11(8,3)4;1-4-10(2,3)9(12)14-7-5-8(11)13-6-7;1-4-10(2,3)9(12)14-7-5-6-13-8(7)11;1-3-6(2)8(10)13-7-4-5-12-9(7)11/h8H,6-7H2,1-5H3;7-8,12H,4-6H2,1-3H3;7-8H,5-6H2,1-4H3;2*7H,4-6H2,1-3H3;6-7H,3-5H2,1-2H3. The molecule has 25 heteroatoms. The lowest BCUT2D eigenvalue weighted by Gasteiger charge is -2.27. The maximum Gasteiger partial charge on any atom is 0.348 e. The Hall–Kier alpha value is -6.40. The van der Waals surface area contributed by atoms with E-state index in [0.717, 1.165) is 6.42 Å². The number of aliphatic hydroxyl groups is 1. The summed E-state index contributed by atoms with van der Waals surface area (Å²) in [5.41, 5.74) is -3.03. The van der Waals surface area contributed by atoms with Crippen molar-refractivity contribution in [1.82, 2.24) is 0 Å². The van der Waals surface area contributed by atoms with Gasteiger partial charge in [-0.1, -0.05) is 83.1 Å². The van der Waals surface area contributed by atoms with E-state index in [2.05, 4.69) is 4.74 Å². The molecule has 1 N–H and O–H groups in total. The van der Waals surface area contributed by atoms with Crippen LogP contribution in [-0.2, 0) is 114 Å². The molecule has 9 atom stereocenters. The predicted molar refractivity (Wildman–Crippen MR) is 312 cm³/mol. The predicted octanol–water partition coefficient (Wildman–Crippen LogP) is 7.40. The van der Waals surface area contributed by atoms with Crippen molar-refractivity contribution in [2.75, 3.05) is 46.2 Å². The van der Waals surface area contributed by atoms with Crippen molar-refractivity contribution in [2.45, 2.75) is 233 Å². The van der Waals surface area contributed by atoms with Gasteiger partial charge in [0.05, 0.1) is 65.7 Å². The second-order valence-corrected chi connectivity index (χ2v) is 26.4. The second-order valence-electron chi connectivity index (χ2n) is 26.4. The zero-order valence-corrected chi connectivity index (χ0v) is 55.8. The Labute approximate surface area is 518 Å². The van der Waals surface area contributed by atoms with E-state index in [0.29, 0.717) is 71.4 Å². The molecule has 88 heavy (non-hydrogen) atoms. The van der Waals surface area contributed by atoms with Crippen LogP contribution in [0.4, 0.5) is 0 Å². The summed E-state index contributed by atoms with van der Waals surface area (Å²) in [5, 5.41) is 9.00. The molecule has 6 aliphatic heterocycles. The van der Waals surface area contributed by atoms with Crippen LogP contribution >= 0.6 is 0 Å². The van der Waals surface area contributed by atoms with E-state index in [1.807, 2.05) is 96.9 Å². The van der Waals surface area contributed by atoms with Crippen molar-refractivity contribution in [2.24, 2.45) is 50.2 Å². The minimum absolute atomic E-state index is 0.111. The summed E-state index contributed by atoms with van der Waals surface area (Å²) in [6, 6.07) is 0. The molecule has 504 valence electrons. The van der Waals surface area contributed by atoms with Crippen molar-refractivity contribution < 1.29 is 119 Å². The Morgan fingerprint density at radius 3 is 1.19 bits per heavy atom. The number of hydrogen-bond acceptors (Lipinski definition) is 25. The van der Waals surface area contributed by atoms with Crippen molar-refractivity contribution in [1.29, 1.82) is 0 Å². The summed E-state index contributed by atoms with van der Waals surface area (Å²) in [6.07, 6.45) is 1.06. The first-order valence-corrected chi connectivity index (χ1v) is 30.4. The SMILES string of the molecule is CCC(C)(C)C(=O)OC1C(=O)OCC1(C)C.CCC(C)(C)C(=O)OC1C(=O)OCC1CO.CCC(C)(C)C(=O)OC1CCOC1=O.CCC(C)(C)C(=O)OC1COC(=O)C1.CCC(C)C(=O)OC1C(=O)OCC1(C)C.CCC(C)C(=O)OC1CCOC1=O. The third-order valence-corrected chi connectivity index (χ3v) is 16.2. The fourth-order valence-electron chi connectivity index (χ4n) is 6.99. The summed E-state index contributed by atoms with van der Waals surface area (Å²) in [6.45, 7) is 38.2. The Kier molecular flexibility index (Phi) is 31.8. The molecule has 6 fully saturated rings. The van der Waals surface area contributed by atoms with Gasteiger partial charge in [-0.3, -0.25) is 33.6 Å². The molecule has 6 rings (SSSR count). The van der Waals surface area contributed by atoms with Gasteiger partial charge < -0.3 is 61.9 Å². The topological polar surface area (TPSA) is 336 Å². The van der Waals surface area contributed by atoms with E-state index in [4.69, 9.17) is 57.2 Å². The molecule has 25 nitrogen and oxygen atoms in total. The van der Waals surface area contributed by atoms with E-state index in [1.54, 1.807) is 41.5 Å². The Morgan fingerprint density at radius 1 is 0.477 bits per heavy atom. The zero-order chi connectivity index (χ0) is 67.9. The highest BCUT2D eigenvalue weighted by molar-refractivity contribution is 5.86. The normalized spacial score (nSPS) is 23.9. The van der Waals surface area contributed by atoms with Crippen LogP contribution in [0.3, 0.4) is 0 Å². The van der Waals surface area contributed by atoms with E-state index in [1.165, 1.54) is 0 Å². The number of aliphatic hydroxyl groups excluding tert-OH is 1. The van der Waals surface area contributed by atoms with Crippen LogP contribution in [0.25, 0.3) is 0 Å². The van der Waals surface area contributed by atoms with Gasteiger partial charge in [-0.25, -0.2) is 24.0 Å². The molecule has 6 saturated heterocycles. The summed E-state index contributed by atoms with van der Waals surface area (Å²) >= 11 is 0. The van der Waals surface area contributed by atoms with Gasteiger partial charge in [0, 0.05) is 23.7 Å². The molecule has 0 saturated carbocycles. The first kappa shape index (κ1) is 79.6. The van der Waals surface area contributed by atoms with Gasteiger partial charge >= 0.3 is 71.6 Å². The molecular weight excluding hydrogens is 1160 g/mol. The van der Waals surface area contributed by atoms with Crippen LogP contribution in [0.5, 0.6) is 0 Å². The molecule has 0 amide bonds. The summed E-state index contributed by atoms with van der Waals surface area (Å²) in [5.74, 6) is -5.34. The average molecular weight is 1260 g/mol. The molecule has 0 aromatic rings. The molecule has 0 aliphatic carbocycles. The highest BCUT2D eigenvalue weighted by Crippen LogP contribution is 2.35. The second kappa shape index (κ2) is 35.1. The van der Waals surface area contributed by atoms with Gasteiger partial charge in [-0.2, -0.15) is 0 Å². The van der Waals surface area contributed by atoms with E-state index in [-0.39, 0.29) is 80.0 Å². The molecular formula is C63H102O25. The highest BCUT2D eigenvalue weighted by Gasteiger charge is 2.49. The lowest BCUT2D eigenvalue weighted by molar-refractivity contribution is -0.170. The highest BCUT2D eigenvalue weighted by atomic mass is 16.6. The van der Waals surface area contributed by atoms with Crippen LogP contribution in [-0.4, -0.2) is 160 Å².